The van der Waals surface area contributed by atoms with Crippen LogP contribution in [0.25, 0.3) is 11.4 Å². The van der Waals surface area contributed by atoms with Crippen molar-refractivity contribution in [1.82, 2.24) is 19.7 Å². The summed E-state index contributed by atoms with van der Waals surface area (Å²) >= 11 is 1.44. The van der Waals surface area contributed by atoms with Crippen LogP contribution < -0.4 is 10.6 Å². The van der Waals surface area contributed by atoms with Gasteiger partial charge in [-0.25, -0.2) is 0 Å². The number of hydrogen-bond acceptors (Lipinski definition) is 6. The number of carbonyl (C=O) groups excluding carboxylic acids is 1. The van der Waals surface area contributed by atoms with Crippen LogP contribution in [0.15, 0.2) is 59.8 Å². The molecule has 1 aromatic heterocycles. The zero-order chi connectivity index (χ0) is 20.9. The van der Waals surface area contributed by atoms with E-state index >= 15 is 0 Å². The average molecular weight is 423 g/mol. The number of rotatable bonds is 6. The molecule has 8 heteroatoms. The number of nitrogens with zero attached hydrogens (tertiary/aromatic N) is 5. The summed E-state index contributed by atoms with van der Waals surface area (Å²) in [6, 6.07) is 18.0. The molecule has 1 amide bonds. The molecule has 0 radical (unpaired) electrons. The van der Waals surface area contributed by atoms with Gasteiger partial charge in [-0.3, -0.25) is 4.79 Å². The van der Waals surface area contributed by atoms with E-state index in [2.05, 4.69) is 27.2 Å². The SMILES string of the molecule is CCn1c(SCC(=O)N2CCN(c3ccccc3)CC2)nnc1-c1cccc(N)c1. The second-order valence-corrected chi connectivity index (χ2v) is 8.11. The van der Waals surface area contributed by atoms with E-state index in [0.717, 1.165) is 49.3 Å². The van der Waals surface area contributed by atoms with Crippen LogP contribution in [-0.4, -0.2) is 57.5 Å². The Kier molecular flexibility index (Phi) is 6.23. The van der Waals surface area contributed by atoms with Crippen LogP contribution in [0.1, 0.15) is 6.92 Å². The molecule has 2 N–H and O–H groups in total. The fourth-order valence-corrected chi connectivity index (χ4v) is 4.55. The summed E-state index contributed by atoms with van der Waals surface area (Å²) in [7, 11) is 0. The van der Waals surface area contributed by atoms with Crippen molar-refractivity contribution in [2.75, 3.05) is 42.6 Å². The molecular weight excluding hydrogens is 396 g/mol. The zero-order valence-electron chi connectivity index (χ0n) is 17.1. The molecule has 30 heavy (non-hydrogen) atoms. The Labute approximate surface area is 180 Å². The standard InChI is InChI=1S/C22H26N6OS/c1-2-28-21(17-7-6-8-18(23)15-17)24-25-22(28)30-16-20(29)27-13-11-26(12-14-27)19-9-4-3-5-10-19/h3-10,15H,2,11-14,16,23H2,1H3. The number of para-hydroxylation sites is 1. The van der Waals surface area contributed by atoms with E-state index in [1.807, 2.05) is 58.9 Å². The van der Waals surface area contributed by atoms with Gasteiger partial charge in [0.15, 0.2) is 11.0 Å². The Morgan fingerprint density at radius 1 is 1.03 bits per heavy atom. The molecule has 0 bridgehead atoms. The van der Waals surface area contributed by atoms with Gasteiger partial charge in [-0.05, 0) is 31.2 Å². The fourth-order valence-electron chi connectivity index (χ4n) is 3.64. The van der Waals surface area contributed by atoms with Gasteiger partial charge in [-0.1, -0.05) is 42.1 Å². The lowest BCUT2D eigenvalue weighted by atomic mass is 10.2. The van der Waals surface area contributed by atoms with Crippen LogP contribution in [0.4, 0.5) is 11.4 Å². The predicted molar refractivity (Wildman–Crippen MR) is 122 cm³/mol. The summed E-state index contributed by atoms with van der Waals surface area (Å²) in [5.74, 6) is 1.28. The molecule has 1 aliphatic rings. The maximum Gasteiger partial charge on any atom is 0.233 e. The van der Waals surface area contributed by atoms with Crippen molar-refractivity contribution in [3.8, 4) is 11.4 Å². The number of nitrogen functional groups attached to an aromatic ring is 1. The molecule has 4 rings (SSSR count). The van der Waals surface area contributed by atoms with Gasteiger partial charge in [0.25, 0.3) is 0 Å². The molecule has 0 saturated carbocycles. The number of piperazine rings is 1. The van der Waals surface area contributed by atoms with Gasteiger partial charge in [0, 0.05) is 49.7 Å². The number of thioether (sulfide) groups is 1. The van der Waals surface area contributed by atoms with E-state index in [4.69, 9.17) is 5.73 Å². The van der Waals surface area contributed by atoms with Crippen molar-refractivity contribution >= 4 is 29.0 Å². The van der Waals surface area contributed by atoms with Crippen molar-refractivity contribution in [3.05, 3.63) is 54.6 Å². The lowest BCUT2D eigenvalue weighted by Crippen LogP contribution is -2.49. The molecule has 156 valence electrons. The largest absolute Gasteiger partial charge is 0.399 e. The van der Waals surface area contributed by atoms with Crippen molar-refractivity contribution in [3.63, 3.8) is 0 Å². The quantitative estimate of drug-likeness (QED) is 0.486. The molecule has 0 spiro atoms. The highest BCUT2D eigenvalue weighted by molar-refractivity contribution is 7.99. The minimum Gasteiger partial charge on any atom is -0.399 e. The highest BCUT2D eigenvalue weighted by Crippen LogP contribution is 2.25. The van der Waals surface area contributed by atoms with Crippen LogP contribution in [-0.2, 0) is 11.3 Å². The lowest BCUT2D eigenvalue weighted by molar-refractivity contribution is -0.128. The van der Waals surface area contributed by atoms with Gasteiger partial charge in [0.05, 0.1) is 5.75 Å². The van der Waals surface area contributed by atoms with Crippen LogP contribution >= 0.6 is 11.8 Å². The van der Waals surface area contributed by atoms with Gasteiger partial charge in [-0.2, -0.15) is 0 Å². The van der Waals surface area contributed by atoms with Crippen molar-refractivity contribution < 1.29 is 4.79 Å². The summed E-state index contributed by atoms with van der Waals surface area (Å²) in [5, 5.41) is 9.41. The summed E-state index contributed by atoms with van der Waals surface area (Å²) in [6.07, 6.45) is 0. The van der Waals surface area contributed by atoms with Gasteiger partial charge in [0.1, 0.15) is 0 Å². The van der Waals surface area contributed by atoms with E-state index in [-0.39, 0.29) is 5.91 Å². The fraction of sp³-hybridized carbons (Fsp3) is 0.318. The lowest BCUT2D eigenvalue weighted by Gasteiger charge is -2.36. The van der Waals surface area contributed by atoms with Crippen LogP contribution in [0.2, 0.25) is 0 Å². The number of hydrogen-bond donors (Lipinski definition) is 1. The monoisotopic (exact) mass is 422 g/mol. The molecule has 2 aromatic carbocycles. The topological polar surface area (TPSA) is 80.3 Å². The van der Waals surface area contributed by atoms with Crippen molar-refractivity contribution in [1.29, 1.82) is 0 Å². The van der Waals surface area contributed by atoms with Gasteiger partial charge in [-0.15, -0.1) is 10.2 Å². The number of amides is 1. The first-order valence-electron chi connectivity index (χ1n) is 10.2. The molecule has 0 atom stereocenters. The second kappa shape index (κ2) is 9.21. The first-order valence-corrected chi connectivity index (χ1v) is 11.1. The van der Waals surface area contributed by atoms with E-state index in [0.29, 0.717) is 11.4 Å². The highest BCUT2D eigenvalue weighted by atomic mass is 32.2. The number of anilines is 2. The molecule has 0 unspecified atom stereocenters. The molecule has 1 fully saturated rings. The molecule has 3 aromatic rings. The van der Waals surface area contributed by atoms with E-state index in [1.54, 1.807) is 0 Å². The minimum atomic E-state index is 0.142. The average Bonchev–Trinajstić information content (AvgIpc) is 3.21. The van der Waals surface area contributed by atoms with Crippen LogP contribution in [0, 0.1) is 0 Å². The molecule has 7 nitrogen and oxygen atoms in total. The maximum atomic E-state index is 12.7. The third-order valence-electron chi connectivity index (χ3n) is 5.26. The maximum absolute atomic E-state index is 12.7. The predicted octanol–water partition coefficient (Wildman–Crippen LogP) is 2.99. The van der Waals surface area contributed by atoms with Crippen molar-refractivity contribution in [2.45, 2.75) is 18.6 Å². The second-order valence-electron chi connectivity index (χ2n) is 7.17. The normalized spacial score (nSPS) is 14.2. The first kappa shape index (κ1) is 20.3. The Morgan fingerprint density at radius 3 is 2.50 bits per heavy atom. The molecule has 1 saturated heterocycles. The number of benzene rings is 2. The Morgan fingerprint density at radius 2 is 1.80 bits per heavy atom. The van der Waals surface area contributed by atoms with E-state index in [1.165, 1.54) is 17.4 Å². The Bertz CT molecular complexity index is 998. The Balaban J connectivity index is 1.35. The van der Waals surface area contributed by atoms with Gasteiger partial charge >= 0.3 is 0 Å². The minimum absolute atomic E-state index is 0.142. The Hall–Kier alpha value is -3.00. The number of nitrogens with two attached hydrogens (primary N) is 1. The van der Waals surface area contributed by atoms with E-state index < -0.39 is 0 Å². The molecule has 0 aliphatic carbocycles. The smallest absolute Gasteiger partial charge is 0.233 e. The van der Waals surface area contributed by atoms with Gasteiger partial charge < -0.3 is 20.1 Å². The summed E-state index contributed by atoms with van der Waals surface area (Å²) in [5.41, 5.74) is 8.74. The van der Waals surface area contributed by atoms with Gasteiger partial charge in [0.2, 0.25) is 5.91 Å². The molecule has 1 aliphatic heterocycles. The van der Waals surface area contributed by atoms with Crippen molar-refractivity contribution in [2.24, 2.45) is 0 Å². The molecular formula is C22H26N6OS. The highest BCUT2D eigenvalue weighted by Gasteiger charge is 2.22. The zero-order valence-corrected chi connectivity index (χ0v) is 17.9. The third kappa shape index (κ3) is 4.43. The third-order valence-corrected chi connectivity index (χ3v) is 6.21. The summed E-state index contributed by atoms with van der Waals surface area (Å²) in [6.45, 7) is 5.96. The first-order chi connectivity index (χ1) is 14.7. The van der Waals surface area contributed by atoms with E-state index in [9.17, 15) is 4.79 Å². The van der Waals surface area contributed by atoms with Crippen LogP contribution in [0.5, 0.6) is 0 Å². The van der Waals surface area contributed by atoms with Crippen LogP contribution in [0.3, 0.4) is 0 Å². The summed E-state index contributed by atoms with van der Waals surface area (Å²) in [4.78, 5) is 17.0. The summed E-state index contributed by atoms with van der Waals surface area (Å²) < 4.78 is 2.03. The molecule has 2 heterocycles. The number of carbonyl (C=O) groups is 1. The number of aromatic nitrogens is 3.